The van der Waals surface area contributed by atoms with Gasteiger partial charge >= 0.3 is 0 Å². The van der Waals surface area contributed by atoms with Gasteiger partial charge in [-0.2, -0.15) is 0 Å². The van der Waals surface area contributed by atoms with Gasteiger partial charge in [-0.3, -0.25) is 0 Å². The smallest absolute Gasteiger partial charge is 0.109 e. The predicted octanol–water partition coefficient (Wildman–Crippen LogP) is 3.57. The first-order valence-corrected chi connectivity index (χ1v) is 5.33. The fourth-order valence-electron chi connectivity index (χ4n) is 1.90. The molecule has 1 radical (unpaired) electrons. The molecule has 0 aromatic heterocycles. The van der Waals surface area contributed by atoms with Crippen molar-refractivity contribution in [2.45, 2.75) is 38.5 Å². The molecule has 1 aliphatic rings. The van der Waals surface area contributed by atoms with Gasteiger partial charge in [0.2, 0.25) is 0 Å². The molecule has 0 unspecified atom stereocenters. The molecular formula is C13H17O. The van der Waals surface area contributed by atoms with Crippen LogP contribution in [0.2, 0.25) is 0 Å². The first-order chi connectivity index (χ1) is 6.72. The van der Waals surface area contributed by atoms with Gasteiger partial charge in [-0.05, 0) is 41.4 Å². The Labute approximate surface area is 85.8 Å². The minimum Gasteiger partial charge on any atom is -0.385 e. The van der Waals surface area contributed by atoms with Crippen LogP contribution in [0.15, 0.2) is 18.2 Å². The highest BCUT2D eigenvalue weighted by molar-refractivity contribution is 5.39. The number of aliphatic hydroxyl groups is 1. The van der Waals surface area contributed by atoms with Gasteiger partial charge in [0, 0.05) is 0 Å². The second-order valence-electron chi connectivity index (χ2n) is 4.45. The minimum absolute atomic E-state index is 0.474. The Morgan fingerprint density at radius 3 is 2.57 bits per heavy atom. The summed E-state index contributed by atoms with van der Waals surface area (Å²) < 4.78 is 0. The summed E-state index contributed by atoms with van der Waals surface area (Å²) in [6.07, 6.45) is 2.62. The molecule has 0 saturated heterocycles. The Kier molecular flexibility index (Phi) is 2.60. The molecule has 1 saturated carbocycles. The number of hydrogen-bond acceptors (Lipinski definition) is 1. The van der Waals surface area contributed by atoms with E-state index in [2.05, 4.69) is 32.0 Å². The van der Waals surface area contributed by atoms with Crippen molar-refractivity contribution in [3.05, 3.63) is 41.5 Å². The summed E-state index contributed by atoms with van der Waals surface area (Å²) in [6, 6.07) is 6.49. The van der Waals surface area contributed by atoms with E-state index in [0.29, 0.717) is 5.92 Å². The average Bonchev–Trinajstić information content (AvgIpc) is 3.00. The summed E-state index contributed by atoms with van der Waals surface area (Å²) in [5, 5.41) is 9.17. The third-order valence-corrected chi connectivity index (χ3v) is 2.92. The Morgan fingerprint density at radius 2 is 2.07 bits per heavy atom. The SMILES string of the molecule is CC(C)c1ccc(C2CC2)cc1[CH]O. The molecule has 0 spiro atoms. The van der Waals surface area contributed by atoms with Gasteiger partial charge in [0.1, 0.15) is 6.61 Å². The molecule has 0 aliphatic heterocycles. The highest BCUT2D eigenvalue weighted by Crippen LogP contribution is 2.41. The van der Waals surface area contributed by atoms with Crippen LogP contribution in [-0.4, -0.2) is 5.11 Å². The van der Waals surface area contributed by atoms with E-state index in [1.807, 2.05) is 0 Å². The van der Waals surface area contributed by atoms with Gasteiger partial charge in [-0.25, -0.2) is 0 Å². The van der Waals surface area contributed by atoms with Gasteiger partial charge in [-0.1, -0.05) is 32.0 Å². The zero-order valence-corrected chi connectivity index (χ0v) is 8.83. The molecule has 75 valence electrons. The number of benzene rings is 1. The summed E-state index contributed by atoms with van der Waals surface area (Å²) in [5.41, 5.74) is 3.61. The number of hydrogen-bond donors (Lipinski definition) is 1. The molecule has 0 atom stereocenters. The van der Waals surface area contributed by atoms with Crippen LogP contribution in [0.3, 0.4) is 0 Å². The van der Waals surface area contributed by atoms with Gasteiger partial charge in [0.25, 0.3) is 0 Å². The standard InChI is InChI=1S/C13H17O/c1-9(2)13-6-5-11(10-3-4-10)7-12(13)8-14/h5-10,14H,3-4H2,1-2H3. The Hall–Kier alpha value is -0.820. The van der Waals surface area contributed by atoms with Gasteiger partial charge in [-0.15, -0.1) is 0 Å². The maximum Gasteiger partial charge on any atom is 0.109 e. The van der Waals surface area contributed by atoms with Crippen LogP contribution < -0.4 is 0 Å². The van der Waals surface area contributed by atoms with Crippen LogP contribution in [0.25, 0.3) is 0 Å². The van der Waals surface area contributed by atoms with Gasteiger partial charge in [0.15, 0.2) is 0 Å². The average molecular weight is 189 g/mol. The van der Waals surface area contributed by atoms with Crippen LogP contribution in [0.4, 0.5) is 0 Å². The van der Waals surface area contributed by atoms with E-state index >= 15 is 0 Å². The molecule has 1 fully saturated rings. The van der Waals surface area contributed by atoms with Crippen molar-refractivity contribution in [3.8, 4) is 0 Å². The van der Waals surface area contributed by atoms with Crippen molar-refractivity contribution < 1.29 is 5.11 Å². The van der Waals surface area contributed by atoms with Gasteiger partial charge < -0.3 is 5.11 Å². The third-order valence-electron chi connectivity index (χ3n) is 2.92. The zero-order valence-electron chi connectivity index (χ0n) is 8.83. The lowest BCUT2D eigenvalue weighted by Gasteiger charge is -2.12. The van der Waals surface area contributed by atoms with E-state index in [9.17, 15) is 0 Å². The van der Waals surface area contributed by atoms with Crippen LogP contribution in [0.1, 0.15) is 55.2 Å². The molecule has 14 heavy (non-hydrogen) atoms. The highest BCUT2D eigenvalue weighted by Gasteiger charge is 2.24. The number of aliphatic hydroxyl groups excluding tert-OH is 1. The van der Waals surface area contributed by atoms with Crippen molar-refractivity contribution in [2.24, 2.45) is 0 Å². The van der Waals surface area contributed by atoms with Crippen molar-refractivity contribution in [2.75, 3.05) is 0 Å². The van der Waals surface area contributed by atoms with E-state index in [0.717, 1.165) is 11.5 Å². The van der Waals surface area contributed by atoms with E-state index in [1.54, 1.807) is 0 Å². The summed E-state index contributed by atoms with van der Waals surface area (Å²) >= 11 is 0. The number of rotatable bonds is 3. The molecule has 1 aromatic carbocycles. The molecule has 0 bridgehead atoms. The Morgan fingerprint density at radius 1 is 1.36 bits per heavy atom. The molecule has 1 aromatic rings. The molecule has 2 rings (SSSR count). The van der Waals surface area contributed by atoms with Crippen molar-refractivity contribution in [1.29, 1.82) is 0 Å². The normalized spacial score (nSPS) is 16.3. The highest BCUT2D eigenvalue weighted by atomic mass is 16.3. The minimum atomic E-state index is 0.474. The maximum absolute atomic E-state index is 9.17. The topological polar surface area (TPSA) is 20.2 Å². The van der Waals surface area contributed by atoms with E-state index in [-0.39, 0.29) is 0 Å². The Balaban J connectivity index is 2.33. The second-order valence-corrected chi connectivity index (χ2v) is 4.45. The van der Waals surface area contributed by atoms with E-state index in [1.165, 1.54) is 30.6 Å². The molecule has 1 heteroatoms. The van der Waals surface area contributed by atoms with Crippen molar-refractivity contribution in [3.63, 3.8) is 0 Å². The summed E-state index contributed by atoms with van der Waals surface area (Å²) in [4.78, 5) is 0. The predicted molar refractivity (Wildman–Crippen MR) is 57.8 cm³/mol. The second kappa shape index (κ2) is 3.74. The summed E-state index contributed by atoms with van der Waals surface area (Å²) in [5.74, 6) is 1.23. The van der Waals surface area contributed by atoms with Crippen LogP contribution in [0, 0.1) is 6.61 Å². The van der Waals surface area contributed by atoms with Crippen molar-refractivity contribution in [1.82, 2.24) is 0 Å². The molecule has 0 heterocycles. The lowest BCUT2D eigenvalue weighted by atomic mass is 9.94. The van der Waals surface area contributed by atoms with E-state index in [4.69, 9.17) is 5.11 Å². The van der Waals surface area contributed by atoms with Crippen LogP contribution in [-0.2, 0) is 0 Å². The van der Waals surface area contributed by atoms with Crippen LogP contribution >= 0.6 is 0 Å². The lowest BCUT2D eigenvalue weighted by molar-refractivity contribution is 0.413. The quantitative estimate of drug-likeness (QED) is 0.770. The fraction of sp³-hybridized carbons (Fsp3) is 0.462. The lowest BCUT2D eigenvalue weighted by Crippen LogP contribution is -1.96. The molecule has 1 aliphatic carbocycles. The first-order valence-electron chi connectivity index (χ1n) is 5.33. The van der Waals surface area contributed by atoms with Crippen molar-refractivity contribution >= 4 is 0 Å². The molecular weight excluding hydrogens is 172 g/mol. The summed E-state index contributed by atoms with van der Waals surface area (Å²) in [7, 11) is 0. The monoisotopic (exact) mass is 189 g/mol. The zero-order chi connectivity index (χ0) is 10.1. The molecule has 1 nitrogen and oxygen atoms in total. The largest absolute Gasteiger partial charge is 0.385 e. The third kappa shape index (κ3) is 1.83. The van der Waals surface area contributed by atoms with Crippen LogP contribution in [0.5, 0.6) is 0 Å². The summed E-state index contributed by atoms with van der Waals surface area (Å²) in [6.45, 7) is 5.54. The van der Waals surface area contributed by atoms with E-state index < -0.39 is 0 Å². The maximum atomic E-state index is 9.17. The fourth-order valence-corrected chi connectivity index (χ4v) is 1.90. The molecule has 0 amide bonds. The van der Waals surface area contributed by atoms with Gasteiger partial charge in [0.05, 0.1) is 0 Å². The molecule has 1 N–H and O–H groups in total. The Bertz CT molecular complexity index is 324. The first kappa shape index (κ1) is 9.72.